The van der Waals surface area contributed by atoms with Gasteiger partial charge < -0.3 is 16.2 Å². The predicted octanol–water partition coefficient (Wildman–Crippen LogP) is 1.55. The Hall–Kier alpha value is -1.29. The molecule has 0 amide bonds. The lowest BCUT2D eigenvalue weighted by atomic mass is 10.1. The van der Waals surface area contributed by atoms with Crippen molar-refractivity contribution in [3.8, 4) is 0 Å². The van der Waals surface area contributed by atoms with Crippen LogP contribution in [0.25, 0.3) is 0 Å². The molecule has 0 aromatic carbocycles. The summed E-state index contributed by atoms with van der Waals surface area (Å²) >= 11 is 0. The summed E-state index contributed by atoms with van der Waals surface area (Å²) in [7, 11) is 0. The fraction of sp³-hybridized carbons (Fsp3) is 0.583. The summed E-state index contributed by atoms with van der Waals surface area (Å²) < 4.78 is 0. The monoisotopic (exact) mass is 221 g/mol. The molecule has 0 saturated heterocycles. The number of anilines is 2. The smallest absolute Gasteiger partial charge is 0.126 e. The third-order valence-corrected chi connectivity index (χ3v) is 3.29. The molecule has 4 heteroatoms. The van der Waals surface area contributed by atoms with E-state index in [1.54, 1.807) is 0 Å². The van der Waals surface area contributed by atoms with Crippen molar-refractivity contribution in [3.63, 3.8) is 0 Å². The minimum atomic E-state index is -0.151. The minimum Gasteiger partial charge on any atom is -0.397 e. The molecule has 16 heavy (non-hydrogen) atoms. The number of nitrogens with zero attached hydrogens (tertiary/aromatic N) is 1. The van der Waals surface area contributed by atoms with Crippen LogP contribution < -0.4 is 11.1 Å². The van der Waals surface area contributed by atoms with Crippen LogP contribution in [0.1, 0.15) is 25.0 Å². The molecule has 1 aromatic heterocycles. The van der Waals surface area contributed by atoms with Crippen LogP contribution in [0.4, 0.5) is 11.5 Å². The molecular weight excluding hydrogens is 202 g/mol. The van der Waals surface area contributed by atoms with Crippen LogP contribution in [0, 0.1) is 12.8 Å². The van der Waals surface area contributed by atoms with Crippen molar-refractivity contribution in [2.75, 3.05) is 17.6 Å². The van der Waals surface area contributed by atoms with E-state index in [4.69, 9.17) is 5.73 Å². The third-order valence-electron chi connectivity index (χ3n) is 3.29. The van der Waals surface area contributed by atoms with Gasteiger partial charge in [0, 0.05) is 12.5 Å². The Morgan fingerprint density at radius 2 is 2.31 bits per heavy atom. The number of nitrogens with one attached hydrogen (secondary N) is 1. The number of pyridine rings is 1. The normalized spacial score (nSPS) is 24.6. The second-order valence-corrected chi connectivity index (χ2v) is 4.51. The molecule has 0 spiro atoms. The van der Waals surface area contributed by atoms with Gasteiger partial charge in [-0.1, -0.05) is 6.42 Å². The summed E-state index contributed by atoms with van der Waals surface area (Å²) in [6.45, 7) is 2.68. The number of hydrogen-bond donors (Lipinski definition) is 3. The zero-order valence-corrected chi connectivity index (χ0v) is 9.61. The SMILES string of the molecule is Cc1nc(NCC2CCCC2O)ccc1N. The highest BCUT2D eigenvalue weighted by Crippen LogP contribution is 2.25. The molecule has 1 aliphatic carbocycles. The Morgan fingerprint density at radius 1 is 1.50 bits per heavy atom. The highest BCUT2D eigenvalue weighted by atomic mass is 16.3. The molecule has 1 fully saturated rings. The number of aliphatic hydroxyl groups is 1. The molecule has 1 heterocycles. The van der Waals surface area contributed by atoms with Crippen molar-refractivity contribution in [1.82, 2.24) is 4.98 Å². The molecule has 4 nitrogen and oxygen atoms in total. The lowest BCUT2D eigenvalue weighted by Crippen LogP contribution is -2.22. The van der Waals surface area contributed by atoms with E-state index in [0.29, 0.717) is 11.6 Å². The van der Waals surface area contributed by atoms with Crippen molar-refractivity contribution < 1.29 is 5.11 Å². The Labute approximate surface area is 95.9 Å². The number of hydrogen-bond acceptors (Lipinski definition) is 4. The first-order valence-corrected chi connectivity index (χ1v) is 5.82. The summed E-state index contributed by atoms with van der Waals surface area (Å²) in [5, 5.41) is 12.9. The number of aromatic nitrogens is 1. The quantitative estimate of drug-likeness (QED) is 0.724. The predicted molar refractivity (Wildman–Crippen MR) is 65.2 cm³/mol. The number of aryl methyl sites for hydroxylation is 1. The first kappa shape index (κ1) is 11.2. The number of nitrogen functional groups attached to an aromatic ring is 1. The first-order valence-electron chi connectivity index (χ1n) is 5.82. The van der Waals surface area contributed by atoms with Crippen molar-refractivity contribution in [2.24, 2.45) is 5.92 Å². The maximum absolute atomic E-state index is 9.69. The van der Waals surface area contributed by atoms with Crippen LogP contribution in [-0.4, -0.2) is 22.7 Å². The standard InChI is InChI=1S/C12H19N3O/c1-8-10(13)5-6-12(15-8)14-7-9-3-2-4-11(9)16/h5-6,9,11,16H,2-4,7,13H2,1H3,(H,14,15). The van der Waals surface area contributed by atoms with Crippen LogP contribution in [0.2, 0.25) is 0 Å². The Kier molecular flexibility index (Phi) is 3.29. The number of aliphatic hydroxyl groups excluding tert-OH is 1. The molecular formula is C12H19N3O. The van der Waals surface area contributed by atoms with Crippen LogP contribution >= 0.6 is 0 Å². The molecule has 1 aliphatic rings. The van der Waals surface area contributed by atoms with Gasteiger partial charge in [-0.2, -0.15) is 0 Å². The zero-order chi connectivity index (χ0) is 11.5. The molecule has 2 atom stereocenters. The van der Waals surface area contributed by atoms with Crippen molar-refractivity contribution in [1.29, 1.82) is 0 Å². The summed E-state index contributed by atoms with van der Waals surface area (Å²) in [5.74, 6) is 1.20. The molecule has 88 valence electrons. The molecule has 4 N–H and O–H groups in total. The van der Waals surface area contributed by atoms with E-state index in [2.05, 4.69) is 10.3 Å². The van der Waals surface area contributed by atoms with Crippen LogP contribution in [0.3, 0.4) is 0 Å². The van der Waals surface area contributed by atoms with Gasteiger partial charge in [-0.15, -0.1) is 0 Å². The fourth-order valence-electron chi connectivity index (χ4n) is 2.16. The second-order valence-electron chi connectivity index (χ2n) is 4.51. The maximum Gasteiger partial charge on any atom is 0.126 e. The van der Waals surface area contributed by atoms with Gasteiger partial charge in [-0.25, -0.2) is 4.98 Å². The lowest BCUT2D eigenvalue weighted by Gasteiger charge is -2.15. The molecule has 0 radical (unpaired) electrons. The minimum absolute atomic E-state index is 0.151. The summed E-state index contributed by atoms with van der Waals surface area (Å²) in [6.07, 6.45) is 3.01. The molecule has 0 aliphatic heterocycles. The lowest BCUT2D eigenvalue weighted by molar-refractivity contribution is 0.138. The van der Waals surface area contributed by atoms with Crippen molar-refractivity contribution >= 4 is 11.5 Å². The second kappa shape index (κ2) is 4.70. The molecule has 2 unspecified atom stereocenters. The number of rotatable bonds is 3. The van der Waals surface area contributed by atoms with Crippen LogP contribution in [-0.2, 0) is 0 Å². The molecule has 0 bridgehead atoms. The van der Waals surface area contributed by atoms with Gasteiger partial charge in [0.25, 0.3) is 0 Å². The number of nitrogens with two attached hydrogens (primary N) is 1. The summed E-state index contributed by atoms with van der Waals surface area (Å²) in [5.41, 5.74) is 7.26. The largest absolute Gasteiger partial charge is 0.397 e. The van der Waals surface area contributed by atoms with E-state index in [1.165, 1.54) is 0 Å². The van der Waals surface area contributed by atoms with Gasteiger partial charge in [0.15, 0.2) is 0 Å². The fourth-order valence-corrected chi connectivity index (χ4v) is 2.16. The van der Waals surface area contributed by atoms with Crippen LogP contribution in [0.15, 0.2) is 12.1 Å². The highest BCUT2D eigenvalue weighted by molar-refractivity contribution is 5.49. The average Bonchev–Trinajstić information content (AvgIpc) is 2.66. The van der Waals surface area contributed by atoms with Gasteiger partial charge in [-0.05, 0) is 31.9 Å². The summed E-state index contributed by atoms with van der Waals surface area (Å²) in [4.78, 5) is 4.34. The average molecular weight is 221 g/mol. The van der Waals surface area contributed by atoms with Gasteiger partial charge in [-0.3, -0.25) is 0 Å². The van der Waals surface area contributed by atoms with Crippen molar-refractivity contribution in [3.05, 3.63) is 17.8 Å². The van der Waals surface area contributed by atoms with E-state index in [-0.39, 0.29) is 6.10 Å². The Balaban J connectivity index is 1.91. The Bertz CT molecular complexity index is 367. The highest BCUT2D eigenvalue weighted by Gasteiger charge is 2.24. The first-order chi connectivity index (χ1) is 7.66. The molecule has 1 aromatic rings. The van der Waals surface area contributed by atoms with Gasteiger partial charge >= 0.3 is 0 Å². The van der Waals surface area contributed by atoms with Gasteiger partial charge in [0.2, 0.25) is 0 Å². The van der Waals surface area contributed by atoms with Gasteiger partial charge in [0.1, 0.15) is 5.82 Å². The van der Waals surface area contributed by atoms with E-state index in [9.17, 15) is 5.11 Å². The van der Waals surface area contributed by atoms with Gasteiger partial charge in [0.05, 0.1) is 17.5 Å². The zero-order valence-electron chi connectivity index (χ0n) is 9.61. The maximum atomic E-state index is 9.69. The Morgan fingerprint density at radius 3 is 2.94 bits per heavy atom. The van der Waals surface area contributed by atoms with Crippen LogP contribution in [0.5, 0.6) is 0 Å². The van der Waals surface area contributed by atoms with E-state index in [1.807, 2.05) is 19.1 Å². The third kappa shape index (κ3) is 2.44. The topological polar surface area (TPSA) is 71.2 Å². The van der Waals surface area contributed by atoms with E-state index < -0.39 is 0 Å². The summed E-state index contributed by atoms with van der Waals surface area (Å²) in [6, 6.07) is 3.74. The molecule has 1 saturated carbocycles. The molecule has 2 rings (SSSR count). The van der Waals surface area contributed by atoms with E-state index >= 15 is 0 Å². The van der Waals surface area contributed by atoms with Crippen molar-refractivity contribution in [2.45, 2.75) is 32.3 Å². The van der Waals surface area contributed by atoms with E-state index in [0.717, 1.165) is 37.3 Å².